The lowest BCUT2D eigenvalue weighted by atomic mass is 10.2. The molecule has 6 nitrogen and oxygen atoms in total. The van der Waals surface area contributed by atoms with E-state index in [4.69, 9.17) is 4.42 Å². The predicted molar refractivity (Wildman–Crippen MR) is 101 cm³/mol. The van der Waals surface area contributed by atoms with Crippen LogP contribution in [0.2, 0.25) is 0 Å². The monoisotopic (exact) mass is 354 g/mol. The predicted octanol–water partition coefficient (Wildman–Crippen LogP) is 3.32. The Labute approximate surface area is 153 Å². The molecule has 0 spiro atoms. The lowest BCUT2D eigenvalue weighted by molar-refractivity contribution is 0.0949. The van der Waals surface area contributed by atoms with E-state index in [1.165, 1.54) is 0 Å². The minimum Gasteiger partial charge on any atom is -0.464 e. The van der Waals surface area contributed by atoms with Crippen LogP contribution < -0.4 is 5.32 Å². The summed E-state index contributed by atoms with van der Waals surface area (Å²) in [7, 11) is 0. The van der Waals surface area contributed by atoms with Crippen LogP contribution in [-0.4, -0.2) is 33.3 Å². The molecule has 0 fully saturated rings. The summed E-state index contributed by atoms with van der Waals surface area (Å²) < 4.78 is 7.78. The molecular weight excluding hydrogens is 328 g/mol. The highest BCUT2D eigenvalue weighted by Crippen LogP contribution is 2.17. The second-order valence-corrected chi connectivity index (χ2v) is 6.45. The number of hydrogen-bond donors (Lipinski definition) is 1. The molecule has 0 bridgehead atoms. The fourth-order valence-corrected chi connectivity index (χ4v) is 3.06. The molecule has 6 heteroatoms. The molecule has 0 aliphatic heterocycles. The van der Waals surface area contributed by atoms with Gasteiger partial charge in [-0.3, -0.25) is 9.69 Å². The van der Waals surface area contributed by atoms with Crippen LogP contribution in [0.1, 0.15) is 47.1 Å². The molecule has 3 rings (SSSR count). The number of fused-ring (bicyclic) bond motifs is 1. The van der Waals surface area contributed by atoms with Crippen molar-refractivity contribution in [3.05, 3.63) is 58.9 Å². The maximum Gasteiger partial charge on any atom is 0.255 e. The van der Waals surface area contributed by atoms with Crippen LogP contribution in [-0.2, 0) is 13.1 Å². The second-order valence-electron chi connectivity index (χ2n) is 6.45. The number of carbonyl (C=O) groups is 1. The number of amides is 1. The Kier molecular flexibility index (Phi) is 5.42. The number of aryl methyl sites for hydroxylation is 2. The maximum absolute atomic E-state index is 12.5. The minimum atomic E-state index is -0.133. The molecule has 138 valence electrons. The Morgan fingerprint density at radius 3 is 2.73 bits per heavy atom. The van der Waals surface area contributed by atoms with Gasteiger partial charge in [-0.25, -0.2) is 4.98 Å². The first kappa shape index (κ1) is 18.2. The summed E-state index contributed by atoms with van der Waals surface area (Å²) in [6.07, 6.45) is 1.96. The Balaban J connectivity index is 1.67. The van der Waals surface area contributed by atoms with Crippen LogP contribution in [0.5, 0.6) is 0 Å². The lowest BCUT2D eigenvalue weighted by Gasteiger charge is -2.15. The van der Waals surface area contributed by atoms with E-state index in [0.29, 0.717) is 24.4 Å². The molecule has 1 amide bonds. The van der Waals surface area contributed by atoms with Crippen LogP contribution >= 0.6 is 0 Å². The molecule has 3 aromatic heterocycles. The van der Waals surface area contributed by atoms with E-state index in [-0.39, 0.29) is 5.91 Å². The number of nitrogens with zero attached hydrogens (tertiary/aromatic N) is 3. The van der Waals surface area contributed by atoms with Gasteiger partial charge >= 0.3 is 0 Å². The molecule has 1 N–H and O–H groups in total. The standard InChI is InChI=1S/C20H26N4O2/c1-5-23(6-2)13-17-10-18(15(4)26-17)20(25)21-11-16-12-24-14(3)8-7-9-19(24)22-16/h7-10,12H,5-6,11,13H2,1-4H3,(H,21,25). The number of furan rings is 1. The highest BCUT2D eigenvalue weighted by Gasteiger charge is 2.16. The quantitative estimate of drug-likeness (QED) is 0.707. The van der Waals surface area contributed by atoms with E-state index in [0.717, 1.165) is 35.9 Å². The molecule has 0 saturated heterocycles. The van der Waals surface area contributed by atoms with E-state index >= 15 is 0 Å². The van der Waals surface area contributed by atoms with Gasteiger partial charge in [-0.15, -0.1) is 0 Å². The highest BCUT2D eigenvalue weighted by atomic mass is 16.3. The fraction of sp³-hybridized carbons (Fsp3) is 0.400. The number of nitrogens with one attached hydrogen (secondary N) is 1. The first-order valence-electron chi connectivity index (χ1n) is 9.05. The van der Waals surface area contributed by atoms with Crippen molar-refractivity contribution in [1.29, 1.82) is 0 Å². The van der Waals surface area contributed by atoms with Crippen LogP contribution in [0, 0.1) is 13.8 Å². The zero-order valence-electron chi connectivity index (χ0n) is 15.9. The summed E-state index contributed by atoms with van der Waals surface area (Å²) in [4.78, 5) is 19.3. The number of pyridine rings is 1. The van der Waals surface area contributed by atoms with Crippen molar-refractivity contribution in [3.63, 3.8) is 0 Å². The Morgan fingerprint density at radius 1 is 1.27 bits per heavy atom. The van der Waals surface area contributed by atoms with Crippen LogP contribution in [0.3, 0.4) is 0 Å². The average molecular weight is 354 g/mol. The fourth-order valence-electron chi connectivity index (χ4n) is 3.06. The van der Waals surface area contributed by atoms with Crippen molar-refractivity contribution < 1.29 is 9.21 Å². The smallest absolute Gasteiger partial charge is 0.255 e. The summed E-state index contributed by atoms with van der Waals surface area (Å²) in [6, 6.07) is 7.81. The highest BCUT2D eigenvalue weighted by molar-refractivity contribution is 5.95. The van der Waals surface area contributed by atoms with Gasteiger partial charge in [0.05, 0.1) is 24.3 Å². The van der Waals surface area contributed by atoms with Gasteiger partial charge in [-0.05, 0) is 45.1 Å². The molecule has 3 heterocycles. The molecule has 0 aromatic carbocycles. The van der Waals surface area contributed by atoms with Crippen LogP contribution in [0.4, 0.5) is 0 Å². The lowest BCUT2D eigenvalue weighted by Crippen LogP contribution is -2.23. The second kappa shape index (κ2) is 7.74. The summed E-state index contributed by atoms with van der Waals surface area (Å²) in [5.74, 6) is 1.33. The summed E-state index contributed by atoms with van der Waals surface area (Å²) in [6.45, 7) is 11.1. The minimum absolute atomic E-state index is 0.133. The Hall–Kier alpha value is -2.60. The van der Waals surface area contributed by atoms with E-state index in [2.05, 4.69) is 29.0 Å². The van der Waals surface area contributed by atoms with Gasteiger partial charge in [0.25, 0.3) is 5.91 Å². The molecule has 3 aromatic rings. The van der Waals surface area contributed by atoms with Crippen LogP contribution in [0.25, 0.3) is 5.65 Å². The third-order valence-corrected chi connectivity index (χ3v) is 4.66. The number of rotatable bonds is 7. The first-order chi connectivity index (χ1) is 12.5. The van der Waals surface area contributed by atoms with Crippen molar-refractivity contribution in [2.75, 3.05) is 13.1 Å². The maximum atomic E-state index is 12.5. The van der Waals surface area contributed by atoms with Gasteiger partial charge in [-0.2, -0.15) is 0 Å². The zero-order valence-corrected chi connectivity index (χ0v) is 15.9. The van der Waals surface area contributed by atoms with Crippen molar-refractivity contribution >= 4 is 11.6 Å². The third-order valence-electron chi connectivity index (χ3n) is 4.66. The average Bonchev–Trinajstić information content (AvgIpc) is 3.21. The van der Waals surface area contributed by atoms with Crippen molar-refractivity contribution in [2.45, 2.75) is 40.8 Å². The normalized spacial score (nSPS) is 11.4. The molecule has 0 unspecified atom stereocenters. The molecule has 0 atom stereocenters. The third kappa shape index (κ3) is 3.80. The van der Waals surface area contributed by atoms with Gasteiger partial charge in [-0.1, -0.05) is 19.9 Å². The van der Waals surface area contributed by atoms with E-state index in [1.54, 1.807) is 0 Å². The van der Waals surface area contributed by atoms with Gasteiger partial charge in [0.1, 0.15) is 17.2 Å². The van der Waals surface area contributed by atoms with E-state index in [9.17, 15) is 4.79 Å². The first-order valence-corrected chi connectivity index (χ1v) is 9.05. The number of imidazole rings is 1. The molecule has 0 radical (unpaired) electrons. The van der Waals surface area contributed by atoms with Gasteiger partial charge in [0.2, 0.25) is 0 Å². The number of aromatic nitrogens is 2. The topological polar surface area (TPSA) is 62.8 Å². The summed E-state index contributed by atoms with van der Waals surface area (Å²) in [5, 5.41) is 2.94. The zero-order chi connectivity index (χ0) is 18.7. The Morgan fingerprint density at radius 2 is 2.04 bits per heavy atom. The summed E-state index contributed by atoms with van der Waals surface area (Å²) in [5.41, 5.74) is 3.42. The van der Waals surface area contributed by atoms with Crippen molar-refractivity contribution in [2.24, 2.45) is 0 Å². The largest absolute Gasteiger partial charge is 0.464 e. The van der Waals surface area contributed by atoms with Crippen molar-refractivity contribution in [3.8, 4) is 0 Å². The molecular formula is C20H26N4O2. The van der Waals surface area contributed by atoms with E-state index in [1.807, 2.05) is 48.7 Å². The van der Waals surface area contributed by atoms with E-state index < -0.39 is 0 Å². The number of carbonyl (C=O) groups excluding carboxylic acids is 1. The molecule has 0 aliphatic rings. The van der Waals surface area contributed by atoms with Gasteiger partial charge in [0, 0.05) is 11.9 Å². The molecule has 0 aliphatic carbocycles. The molecule has 0 saturated carbocycles. The SMILES string of the molecule is CCN(CC)Cc1cc(C(=O)NCc2cn3c(C)cccc3n2)c(C)o1. The van der Waals surface area contributed by atoms with Crippen molar-refractivity contribution in [1.82, 2.24) is 19.6 Å². The number of hydrogen-bond acceptors (Lipinski definition) is 4. The molecule has 26 heavy (non-hydrogen) atoms. The van der Waals surface area contributed by atoms with Gasteiger partial charge in [0.15, 0.2) is 0 Å². The summed E-state index contributed by atoms with van der Waals surface area (Å²) >= 11 is 0. The van der Waals surface area contributed by atoms with Crippen LogP contribution in [0.15, 0.2) is 34.9 Å². The Bertz CT molecular complexity index is 906. The van der Waals surface area contributed by atoms with Gasteiger partial charge < -0.3 is 14.1 Å².